The lowest BCUT2D eigenvalue weighted by molar-refractivity contribution is -0.907. The molecule has 0 spiro atoms. The molecule has 3 heterocycles. The van der Waals surface area contributed by atoms with Crippen LogP contribution >= 0.6 is 0 Å². The Morgan fingerprint density at radius 1 is 1.17 bits per heavy atom. The summed E-state index contributed by atoms with van der Waals surface area (Å²) in [5, 5.41) is 12.2. The maximum Gasteiger partial charge on any atom is 0.283 e. The van der Waals surface area contributed by atoms with Crippen LogP contribution in [0.4, 0.5) is 0 Å². The Morgan fingerprint density at radius 3 is 2.80 bits per heavy atom. The van der Waals surface area contributed by atoms with Crippen LogP contribution in [0.15, 0.2) is 62.0 Å². The van der Waals surface area contributed by atoms with Crippen molar-refractivity contribution in [3.05, 3.63) is 60.4 Å². The molecule has 4 aromatic rings. The summed E-state index contributed by atoms with van der Waals surface area (Å²) in [6, 6.07) is 13.1. The third kappa shape index (κ3) is 4.60. The highest BCUT2D eigenvalue weighted by molar-refractivity contribution is 5.79. The molecular weight excluding hydrogens is 384 g/mol. The molecule has 1 amide bonds. The second-order valence-electron chi connectivity index (χ2n) is 7.31. The number of amides is 1. The van der Waals surface area contributed by atoms with Crippen LogP contribution in [-0.2, 0) is 11.3 Å². The SMILES string of the molecule is CCC[NH+](CC(=O)N[C@H](C)c1cc2ccccc2o1)Cc1nnc(-c2ccco2)o1. The van der Waals surface area contributed by atoms with Gasteiger partial charge >= 0.3 is 0 Å². The van der Waals surface area contributed by atoms with Gasteiger partial charge < -0.3 is 23.5 Å². The fraction of sp³-hybridized carbons (Fsp3) is 0.318. The number of carbonyl (C=O) groups is 1. The van der Waals surface area contributed by atoms with Crippen LogP contribution in [-0.4, -0.2) is 29.2 Å². The van der Waals surface area contributed by atoms with E-state index >= 15 is 0 Å². The average Bonchev–Trinajstić information content (AvgIpc) is 3.47. The quantitative estimate of drug-likeness (QED) is 0.441. The van der Waals surface area contributed by atoms with Crippen molar-refractivity contribution in [1.29, 1.82) is 0 Å². The van der Waals surface area contributed by atoms with Crippen molar-refractivity contribution in [3.8, 4) is 11.7 Å². The molecule has 156 valence electrons. The molecule has 8 heteroatoms. The molecule has 0 radical (unpaired) electrons. The number of aromatic nitrogens is 2. The van der Waals surface area contributed by atoms with Gasteiger partial charge in [-0.3, -0.25) is 4.79 Å². The van der Waals surface area contributed by atoms with Gasteiger partial charge in [0.2, 0.25) is 0 Å². The largest absolute Gasteiger partial charge is 0.459 e. The van der Waals surface area contributed by atoms with Gasteiger partial charge in [-0.25, -0.2) is 0 Å². The third-order valence-corrected chi connectivity index (χ3v) is 4.86. The van der Waals surface area contributed by atoms with E-state index in [1.54, 1.807) is 18.4 Å². The minimum absolute atomic E-state index is 0.0582. The number of nitrogens with zero attached hydrogens (tertiary/aromatic N) is 2. The first-order chi connectivity index (χ1) is 14.6. The highest BCUT2D eigenvalue weighted by Gasteiger charge is 2.21. The number of hydrogen-bond acceptors (Lipinski definition) is 6. The van der Waals surface area contributed by atoms with E-state index in [9.17, 15) is 4.79 Å². The van der Waals surface area contributed by atoms with Gasteiger partial charge in [0.15, 0.2) is 18.8 Å². The number of quaternary nitrogens is 1. The van der Waals surface area contributed by atoms with Gasteiger partial charge in [0, 0.05) is 5.39 Å². The Hall–Kier alpha value is -3.39. The predicted octanol–water partition coefficient (Wildman–Crippen LogP) is 2.75. The molecule has 0 aliphatic rings. The van der Waals surface area contributed by atoms with Crippen molar-refractivity contribution >= 4 is 16.9 Å². The van der Waals surface area contributed by atoms with Gasteiger partial charge in [0.05, 0.1) is 18.8 Å². The standard InChI is InChI=1S/C22H24N4O4/c1-3-10-26(14-21-24-25-22(30-21)18-9-6-11-28-18)13-20(27)23-15(2)19-12-16-7-4-5-8-17(16)29-19/h4-9,11-12,15H,3,10,13-14H2,1-2H3,(H,23,27)/p+1/t15-/m1/s1. The van der Waals surface area contributed by atoms with Gasteiger partial charge in [-0.2, -0.15) is 0 Å². The Kier molecular flexibility index (Phi) is 5.94. The molecule has 30 heavy (non-hydrogen) atoms. The van der Waals surface area contributed by atoms with Gasteiger partial charge in [-0.15, -0.1) is 10.2 Å². The molecule has 0 fully saturated rings. The molecule has 1 aromatic carbocycles. The average molecular weight is 409 g/mol. The van der Waals surface area contributed by atoms with E-state index in [1.807, 2.05) is 37.3 Å². The lowest BCUT2D eigenvalue weighted by Crippen LogP contribution is -3.12. The van der Waals surface area contributed by atoms with Crippen molar-refractivity contribution in [2.45, 2.75) is 32.9 Å². The van der Waals surface area contributed by atoms with Crippen LogP contribution in [0.5, 0.6) is 0 Å². The zero-order valence-electron chi connectivity index (χ0n) is 17.1. The lowest BCUT2D eigenvalue weighted by atomic mass is 10.2. The molecule has 1 unspecified atom stereocenters. The van der Waals surface area contributed by atoms with E-state index in [4.69, 9.17) is 13.3 Å². The lowest BCUT2D eigenvalue weighted by Gasteiger charge is -2.18. The number of para-hydroxylation sites is 1. The Bertz CT molecular complexity index is 1070. The summed E-state index contributed by atoms with van der Waals surface area (Å²) in [6.07, 6.45) is 2.49. The predicted molar refractivity (Wildman–Crippen MR) is 109 cm³/mol. The normalized spacial score (nSPS) is 13.4. The van der Waals surface area contributed by atoms with E-state index in [-0.39, 0.29) is 11.9 Å². The van der Waals surface area contributed by atoms with Crippen molar-refractivity contribution in [2.24, 2.45) is 0 Å². The smallest absolute Gasteiger partial charge is 0.283 e. The van der Waals surface area contributed by atoms with E-state index in [1.165, 1.54) is 0 Å². The summed E-state index contributed by atoms with van der Waals surface area (Å²) in [6.45, 7) is 5.58. The molecule has 0 bridgehead atoms. The molecule has 0 aliphatic carbocycles. The zero-order chi connectivity index (χ0) is 20.9. The fourth-order valence-corrected chi connectivity index (χ4v) is 3.44. The Morgan fingerprint density at radius 2 is 2.03 bits per heavy atom. The molecule has 2 N–H and O–H groups in total. The number of fused-ring (bicyclic) bond motifs is 1. The fourth-order valence-electron chi connectivity index (χ4n) is 3.44. The van der Waals surface area contributed by atoms with Crippen LogP contribution in [0, 0.1) is 0 Å². The highest BCUT2D eigenvalue weighted by atomic mass is 16.4. The van der Waals surface area contributed by atoms with Crippen LogP contribution in [0.1, 0.15) is 38.0 Å². The topological polar surface area (TPSA) is 98.7 Å². The summed E-state index contributed by atoms with van der Waals surface area (Å²) in [5.74, 6) is 2.03. The van der Waals surface area contributed by atoms with Crippen molar-refractivity contribution in [1.82, 2.24) is 15.5 Å². The molecular formula is C22H25N4O4+. The first-order valence-electron chi connectivity index (χ1n) is 10.1. The number of rotatable bonds is 9. The number of benzene rings is 1. The number of nitrogens with one attached hydrogen (secondary N) is 2. The Balaban J connectivity index is 1.36. The molecule has 3 aromatic heterocycles. The van der Waals surface area contributed by atoms with Crippen LogP contribution in [0.3, 0.4) is 0 Å². The van der Waals surface area contributed by atoms with Crippen LogP contribution < -0.4 is 10.2 Å². The monoisotopic (exact) mass is 409 g/mol. The second-order valence-corrected chi connectivity index (χ2v) is 7.31. The summed E-state index contributed by atoms with van der Waals surface area (Å²) >= 11 is 0. The van der Waals surface area contributed by atoms with Gasteiger partial charge in [-0.05, 0) is 37.6 Å². The third-order valence-electron chi connectivity index (χ3n) is 4.86. The van der Waals surface area contributed by atoms with E-state index in [0.29, 0.717) is 30.6 Å². The molecule has 0 saturated heterocycles. The van der Waals surface area contributed by atoms with Crippen molar-refractivity contribution in [2.75, 3.05) is 13.1 Å². The molecule has 2 atom stereocenters. The van der Waals surface area contributed by atoms with E-state index in [0.717, 1.165) is 34.6 Å². The number of furan rings is 2. The van der Waals surface area contributed by atoms with Crippen molar-refractivity contribution < 1.29 is 22.9 Å². The second kappa shape index (κ2) is 8.96. The highest BCUT2D eigenvalue weighted by Crippen LogP contribution is 2.23. The minimum atomic E-state index is -0.221. The van der Waals surface area contributed by atoms with Gasteiger partial charge in [-0.1, -0.05) is 25.1 Å². The summed E-state index contributed by atoms with van der Waals surface area (Å²) in [5.41, 5.74) is 0.815. The van der Waals surface area contributed by atoms with E-state index in [2.05, 4.69) is 22.4 Å². The van der Waals surface area contributed by atoms with Crippen LogP contribution in [0.25, 0.3) is 22.6 Å². The number of carbonyl (C=O) groups excluding carboxylic acids is 1. The zero-order valence-corrected chi connectivity index (χ0v) is 17.1. The molecule has 4 rings (SSSR count). The molecule has 0 aliphatic heterocycles. The summed E-state index contributed by atoms with van der Waals surface area (Å²) in [4.78, 5) is 13.7. The first-order valence-corrected chi connectivity index (χ1v) is 10.1. The molecule has 0 saturated carbocycles. The van der Waals surface area contributed by atoms with E-state index < -0.39 is 0 Å². The first kappa shape index (κ1) is 19.9. The minimum Gasteiger partial charge on any atom is -0.459 e. The maximum atomic E-state index is 12.7. The maximum absolute atomic E-state index is 12.7. The Labute approximate surface area is 173 Å². The van der Waals surface area contributed by atoms with Crippen LogP contribution in [0.2, 0.25) is 0 Å². The van der Waals surface area contributed by atoms with Gasteiger partial charge in [0.1, 0.15) is 11.3 Å². The van der Waals surface area contributed by atoms with Crippen molar-refractivity contribution in [3.63, 3.8) is 0 Å². The summed E-state index contributed by atoms with van der Waals surface area (Å²) in [7, 11) is 0. The summed E-state index contributed by atoms with van der Waals surface area (Å²) < 4.78 is 16.8. The molecule has 8 nitrogen and oxygen atoms in total. The van der Waals surface area contributed by atoms with Gasteiger partial charge in [0.25, 0.3) is 17.7 Å². The number of hydrogen-bond donors (Lipinski definition) is 2.